The Bertz CT molecular complexity index is 1390. The normalized spacial score (nSPS) is 11.0. The average molecular weight is 567 g/mol. The molecule has 0 aliphatic rings. The monoisotopic (exact) mass is 565 g/mol. The van der Waals surface area contributed by atoms with Crippen molar-refractivity contribution in [3.8, 4) is 17.2 Å². The second-order valence-electron chi connectivity index (χ2n) is 8.14. The lowest BCUT2D eigenvalue weighted by Gasteiger charge is -2.13. The van der Waals surface area contributed by atoms with Crippen molar-refractivity contribution >= 4 is 39.7 Å². The van der Waals surface area contributed by atoms with Gasteiger partial charge in [-0.15, -0.1) is 0 Å². The fourth-order valence-electron chi connectivity index (χ4n) is 3.75. The number of carbonyl (C=O) groups is 1. The third-order valence-electron chi connectivity index (χ3n) is 5.60. The zero-order chi connectivity index (χ0) is 25.7. The van der Waals surface area contributed by atoms with Crippen molar-refractivity contribution in [2.45, 2.75) is 20.5 Å². The molecule has 0 atom stereocenters. The number of benzene rings is 3. The number of hydrogen-bond donors (Lipinski definition) is 1. The second kappa shape index (κ2) is 11.5. The van der Waals surface area contributed by atoms with Crippen molar-refractivity contribution in [2.24, 2.45) is 5.10 Å². The molecule has 0 radical (unpaired) electrons. The Balaban J connectivity index is 1.45. The lowest BCUT2D eigenvalue weighted by molar-refractivity contribution is 0.0955. The van der Waals surface area contributed by atoms with Gasteiger partial charge in [-0.2, -0.15) is 5.10 Å². The molecule has 6 nitrogen and oxygen atoms in total. The minimum atomic E-state index is -0.304. The number of methoxy groups -OCH3 is 1. The third kappa shape index (κ3) is 5.98. The van der Waals surface area contributed by atoms with E-state index in [2.05, 4.69) is 31.0 Å². The van der Waals surface area contributed by atoms with E-state index in [4.69, 9.17) is 21.1 Å². The number of nitrogens with one attached hydrogen (secondary N) is 1. The summed E-state index contributed by atoms with van der Waals surface area (Å²) in [6, 6.07) is 22.6. The fourth-order valence-corrected chi connectivity index (χ4v) is 4.30. The van der Waals surface area contributed by atoms with Gasteiger partial charge in [0.2, 0.25) is 0 Å². The summed E-state index contributed by atoms with van der Waals surface area (Å²) in [7, 11) is 1.57. The van der Waals surface area contributed by atoms with Crippen molar-refractivity contribution in [3.05, 3.63) is 110 Å². The molecule has 4 rings (SSSR count). The van der Waals surface area contributed by atoms with Crippen LogP contribution < -0.4 is 14.9 Å². The van der Waals surface area contributed by atoms with Gasteiger partial charge < -0.3 is 14.0 Å². The first-order valence-electron chi connectivity index (χ1n) is 11.2. The molecule has 1 aromatic heterocycles. The van der Waals surface area contributed by atoms with Gasteiger partial charge in [-0.25, -0.2) is 5.43 Å². The first-order valence-corrected chi connectivity index (χ1v) is 12.4. The SMILES string of the molecule is COc1cc(/C=N\NC(=O)c2cccc(-n3c(C)ccc3C)c2)c(Br)cc1OCc1ccc(Cl)cc1. The van der Waals surface area contributed by atoms with Gasteiger partial charge in [0, 0.05) is 37.7 Å². The van der Waals surface area contributed by atoms with Crippen LogP contribution in [0.3, 0.4) is 0 Å². The topological polar surface area (TPSA) is 64.8 Å². The van der Waals surface area contributed by atoms with Crippen LogP contribution in [-0.2, 0) is 6.61 Å². The van der Waals surface area contributed by atoms with Gasteiger partial charge in [-0.1, -0.05) is 29.8 Å². The molecular formula is C28H25BrClN3O3. The molecule has 0 bridgehead atoms. The van der Waals surface area contributed by atoms with Crippen LogP contribution in [0.15, 0.2) is 82.4 Å². The van der Waals surface area contributed by atoms with E-state index < -0.39 is 0 Å². The molecular weight excluding hydrogens is 542 g/mol. The molecule has 4 aromatic rings. The molecule has 3 aromatic carbocycles. The Labute approximate surface area is 223 Å². The smallest absolute Gasteiger partial charge is 0.271 e. The van der Waals surface area contributed by atoms with Crippen LogP contribution >= 0.6 is 27.5 Å². The number of carbonyl (C=O) groups excluding carboxylic acids is 1. The van der Waals surface area contributed by atoms with Crippen molar-refractivity contribution in [1.82, 2.24) is 9.99 Å². The minimum absolute atomic E-state index is 0.304. The number of amides is 1. The molecule has 0 aliphatic carbocycles. The fraction of sp³-hybridized carbons (Fsp3) is 0.143. The maximum absolute atomic E-state index is 12.7. The van der Waals surface area contributed by atoms with Gasteiger partial charge in [0.15, 0.2) is 11.5 Å². The number of aryl methyl sites for hydroxylation is 2. The average Bonchev–Trinajstić information content (AvgIpc) is 3.22. The Morgan fingerprint density at radius 1 is 1.03 bits per heavy atom. The van der Waals surface area contributed by atoms with E-state index in [1.165, 1.54) is 0 Å². The highest BCUT2D eigenvalue weighted by Gasteiger charge is 2.11. The number of nitrogens with zero attached hydrogens (tertiary/aromatic N) is 2. The summed E-state index contributed by atoms with van der Waals surface area (Å²) in [5, 5.41) is 4.82. The van der Waals surface area contributed by atoms with Gasteiger partial charge in [0.1, 0.15) is 6.61 Å². The molecule has 1 heterocycles. The number of rotatable bonds is 8. The van der Waals surface area contributed by atoms with Crippen LogP contribution in [0.5, 0.6) is 11.5 Å². The van der Waals surface area contributed by atoms with E-state index in [1.54, 1.807) is 25.5 Å². The van der Waals surface area contributed by atoms with Crippen LogP contribution in [0.25, 0.3) is 5.69 Å². The van der Waals surface area contributed by atoms with Crippen LogP contribution in [0.1, 0.15) is 32.9 Å². The number of ether oxygens (including phenoxy) is 2. The summed E-state index contributed by atoms with van der Waals surface area (Å²) in [5.41, 5.74) is 7.94. The molecule has 8 heteroatoms. The van der Waals surface area contributed by atoms with Crippen LogP contribution in [0, 0.1) is 13.8 Å². The number of aromatic nitrogens is 1. The highest BCUT2D eigenvalue weighted by molar-refractivity contribution is 9.10. The summed E-state index contributed by atoms with van der Waals surface area (Å²) in [4.78, 5) is 12.7. The van der Waals surface area contributed by atoms with Gasteiger partial charge in [0.05, 0.1) is 13.3 Å². The highest BCUT2D eigenvalue weighted by Crippen LogP contribution is 2.33. The van der Waals surface area contributed by atoms with Crippen molar-refractivity contribution in [1.29, 1.82) is 0 Å². The van der Waals surface area contributed by atoms with E-state index >= 15 is 0 Å². The molecule has 0 fully saturated rings. The van der Waals surface area contributed by atoms with E-state index in [0.717, 1.165) is 32.7 Å². The zero-order valence-electron chi connectivity index (χ0n) is 20.1. The first kappa shape index (κ1) is 25.5. The molecule has 1 amide bonds. The molecule has 184 valence electrons. The lowest BCUT2D eigenvalue weighted by atomic mass is 10.2. The minimum Gasteiger partial charge on any atom is -0.493 e. The maximum atomic E-state index is 12.7. The molecule has 1 N–H and O–H groups in total. The van der Waals surface area contributed by atoms with Crippen LogP contribution in [0.2, 0.25) is 5.02 Å². The van der Waals surface area contributed by atoms with Gasteiger partial charge in [-0.3, -0.25) is 4.79 Å². The Kier molecular flexibility index (Phi) is 8.13. The molecule has 0 unspecified atom stereocenters. The van der Waals surface area contributed by atoms with Crippen molar-refractivity contribution in [2.75, 3.05) is 7.11 Å². The summed E-state index contributed by atoms with van der Waals surface area (Å²) < 4.78 is 14.3. The molecule has 0 spiro atoms. The van der Waals surface area contributed by atoms with E-state index in [-0.39, 0.29) is 5.91 Å². The molecule has 0 saturated carbocycles. The summed E-state index contributed by atoms with van der Waals surface area (Å²) in [6.07, 6.45) is 1.55. The largest absolute Gasteiger partial charge is 0.493 e. The summed E-state index contributed by atoms with van der Waals surface area (Å²) >= 11 is 9.49. The van der Waals surface area contributed by atoms with E-state index in [9.17, 15) is 4.79 Å². The number of hydrogen-bond acceptors (Lipinski definition) is 4. The molecule has 36 heavy (non-hydrogen) atoms. The quantitative estimate of drug-likeness (QED) is 0.187. The van der Waals surface area contributed by atoms with Crippen molar-refractivity contribution < 1.29 is 14.3 Å². The van der Waals surface area contributed by atoms with E-state index in [0.29, 0.717) is 28.7 Å². The van der Waals surface area contributed by atoms with Crippen molar-refractivity contribution in [3.63, 3.8) is 0 Å². The second-order valence-corrected chi connectivity index (χ2v) is 9.43. The Hall–Kier alpha value is -3.55. The number of hydrazone groups is 1. The van der Waals surface area contributed by atoms with Gasteiger partial charge in [0.25, 0.3) is 5.91 Å². The van der Waals surface area contributed by atoms with E-state index in [1.807, 2.05) is 74.5 Å². The Morgan fingerprint density at radius 3 is 2.44 bits per heavy atom. The highest BCUT2D eigenvalue weighted by atomic mass is 79.9. The zero-order valence-corrected chi connectivity index (χ0v) is 22.4. The summed E-state index contributed by atoms with van der Waals surface area (Å²) in [6.45, 7) is 4.43. The standard InChI is InChI=1S/C28H25BrClN3O3/c1-18-7-8-19(2)33(18)24-6-4-5-21(13-24)28(34)32-31-16-22-14-26(35-3)27(15-25(22)29)36-17-20-9-11-23(30)12-10-20/h4-16H,17H2,1-3H3,(H,32,34)/b31-16-. The third-order valence-corrected chi connectivity index (χ3v) is 6.54. The first-order chi connectivity index (χ1) is 17.4. The van der Waals surface area contributed by atoms with Gasteiger partial charge in [-0.05, 0) is 89.9 Å². The van der Waals surface area contributed by atoms with Gasteiger partial charge >= 0.3 is 0 Å². The molecule has 0 saturated heterocycles. The predicted molar refractivity (Wildman–Crippen MR) is 147 cm³/mol. The predicted octanol–water partition coefficient (Wildman–Crippen LogP) is 6.86. The maximum Gasteiger partial charge on any atom is 0.271 e. The van der Waals surface area contributed by atoms with Crippen LogP contribution in [0.4, 0.5) is 0 Å². The number of halogens is 2. The van der Waals surface area contributed by atoms with Crippen LogP contribution in [-0.4, -0.2) is 23.8 Å². The Morgan fingerprint density at radius 2 is 1.75 bits per heavy atom. The summed E-state index contributed by atoms with van der Waals surface area (Å²) in [5.74, 6) is 0.819. The molecule has 0 aliphatic heterocycles. The lowest BCUT2D eigenvalue weighted by Crippen LogP contribution is -2.18.